The molecule has 0 bridgehead atoms. The van der Waals surface area contributed by atoms with E-state index >= 15 is 0 Å². The zero-order chi connectivity index (χ0) is 9.30. The van der Waals surface area contributed by atoms with Gasteiger partial charge in [0.15, 0.2) is 0 Å². The van der Waals surface area contributed by atoms with E-state index in [1.807, 2.05) is 0 Å². The molecule has 1 saturated carbocycles. The molecule has 1 aliphatic rings. The third-order valence-electron chi connectivity index (χ3n) is 2.76. The van der Waals surface area contributed by atoms with Crippen molar-refractivity contribution in [2.75, 3.05) is 6.61 Å². The second kappa shape index (κ2) is 3.70. The molecule has 0 aromatic heterocycles. The molecule has 5 atom stereocenters. The van der Waals surface area contributed by atoms with E-state index in [4.69, 9.17) is 5.11 Å². The Bertz CT molecular complexity index is 145. The van der Waals surface area contributed by atoms with Gasteiger partial charge in [0.25, 0.3) is 0 Å². The molecule has 72 valence electrons. The van der Waals surface area contributed by atoms with Crippen LogP contribution < -0.4 is 0 Å². The quantitative estimate of drug-likeness (QED) is 0.401. The van der Waals surface area contributed by atoms with Crippen LogP contribution in [-0.4, -0.2) is 45.3 Å². The summed E-state index contributed by atoms with van der Waals surface area (Å²) in [6.45, 7) is 1.49. The lowest BCUT2D eigenvalue weighted by molar-refractivity contribution is -0.126. The molecule has 1 fully saturated rings. The van der Waals surface area contributed by atoms with Crippen LogP contribution in [0.1, 0.15) is 13.3 Å². The minimum absolute atomic E-state index is 0.192. The largest absolute Gasteiger partial charge is 0.396 e. The van der Waals surface area contributed by atoms with Gasteiger partial charge in [-0.05, 0) is 6.42 Å². The second-order valence-corrected chi connectivity index (χ2v) is 3.59. The Morgan fingerprint density at radius 1 is 1.17 bits per heavy atom. The van der Waals surface area contributed by atoms with Crippen molar-refractivity contribution in [2.24, 2.45) is 11.8 Å². The summed E-state index contributed by atoms with van der Waals surface area (Å²) >= 11 is 0. The minimum atomic E-state index is -0.925. The fraction of sp³-hybridized carbons (Fsp3) is 1.00. The van der Waals surface area contributed by atoms with Gasteiger partial charge in [0.1, 0.15) is 0 Å². The predicted molar refractivity (Wildman–Crippen MR) is 42.4 cm³/mol. The Balaban J connectivity index is 2.63. The van der Waals surface area contributed by atoms with Gasteiger partial charge in [-0.2, -0.15) is 0 Å². The Labute approximate surface area is 71.5 Å². The first-order valence-corrected chi connectivity index (χ1v) is 4.23. The number of aliphatic hydroxyl groups excluding tert-OH is 4. The van der Waals surface area contributed by atoms with Crippen molar-refractivity contribution < 1.29 is 20.4 Å². The SMILES string of the molecule is CC1[C@@H](O)CC(CO)[C@@H](O)[C@H]1O. The number of hydrogen-bond donors (Lipinski definition) is 4. The lowest BCUT2D eigenvalue weighted by atomic mass is 9.77. The van der Waals surface area contributed by atoms with E-state index in [9.17, 15) is 15.3 Å². The van der Waals surface area contributed by atoms with E-state index in [0.29, 0.717) is 6.42 Å². The molecular formula is C8H16O4. The summed E-state index contributed by atoms with van der Waals surface area (Å²) in [5, 5.41) is 37.0. The third-order valence-corrected chi connectivity index (χ3v) is 2.76. The first-order valence-electron chi connectivity index (χ1n) is 4.23. The Morgan fingerprint density at radius 2 is 1.75 bits per heavy atom. The fourth-order valence-corrected chi connectivity index (χ4v) is 1.66. The Morgan fingerprint density at radius 3 is 2.25 bits per heavy atom. The molecule has 0 aromatic carbocycles. The second-order valence-electron chi connectivity index (χ2n) is 3.59. The molecule has 0 heterocycles. The standard InChI is InChI=1S/C8H16O4/c1-4-6(10)2-5(3-9)8(12)7(4)11/h4-12H,2-3H2,1H3/t4?,5?,6-,7-,8+/m0/s1. The van der Waals surface area contributed by atoms with E-state index < -0.39 is 24.2 Å². The van der Waals surface area contributed by atoms with Crippen molar-refractivity contribution in [3.8, 4) is 0 Å². The van der Waals surface area contributed by atoms with Gasteiger partial charge in [0.05, 0.1) is 18.3 Å². The van der Waals surface area contributed by atoms with Crippen LogP contribution in [0.4, 0.5) is 0 Å². The van der Waals surface area contributed by atoms with Crippen molar-refractivity contribution in [3.63, 3.8) is 0 Å². The first kappa shape index (κ1) is 9.92. The predicted octanol–water partition coefficient (Wildman–Crippen LogP) is -1.28. The molecule has 1 rings (SSSR count). The molecule has 0 radical (unpaired) electrons. The van der Waals surface area contributed by atoms with Crippen molar-refractivity contribution >= 4 is 0 Å². The molecule has 0 aromatic rings. The van der Waals surface area contributed by atoms with E-state index in [-0.39, 0.29) is 12.5 Å². The zero-order valence-electron chi connectivity index (χ0n) is 7.09. The molecule has 0 spiro atoms. The van der Waals surface area contributed by atoms with Gasteiger partial charge >= 0.3 is 0 Å². The highest BCUT2D eigenvalue weighted by Crippen LogP contribution is 2.29. The summed E-state index contributed by atoms with van der Waals surface area (Å²) in [7, 11) is 0. The van der Waals surface area contributed by atoms with Crippen LogP contribution in [0.5, 0.6) is 0 Å². The van der Waals surface area contributed by atoms with Crippen LogP contribution in [0, 0.1) is 11.8 Å². The van der Waals surface area contributed by atoms with Gasteiger partial charge < -0.3 is 20.4 Å². The number of hydrogen-bond acceptors (Lipinski definition) is 4. The molecule has 0 saturated heterocycles. The van der Waals surface area contributed by atoms with Gasteiger partial charge in [-0.15, -0.1) is 0 Å². The molecule has 4 heteroatoms. The van der Waals surface area contributed by atoms with Gasteiger partial charge in [0, 0.05) is 18.4 Å². The van der Waals surface area contributed by atoms with E-state index in [2.05, 4.69) is 0 Å². The van der Waals surface area contributed by atoms with Crippen molar-refractivity contribution in [2.45, 2.75) is 31.7 Å². The average Bonchev–Trinajstić information content (AvgIpc) is 2.08. The molecular weight excluding hydrogens is 160 g/mol. The summed E-state index contributed by atoms with van der Waals surface area (Å²) < 4.78 is 0. The van der Waals surface area contributed by atoms with Gasteiger partial charge in [0.2, 0.25) is 0 Å². The van der Waals surface area contributed by atoms with Gasteiger partial charge in [-0.3, -0.25) is 0 Å². The smallest absolute Gasteiger partial charge is 0.0853 e. The van der Waals surface area contributed by atoms with Crippen LogP contribution in [-0.2, 0) is 0 Å². The van der Waals surface area contributed by atoms with E-state index in [0.717, 1.165) is 0 Å². The average molecular weight is 176 g/mol. The monoisotopic (exact) mass is 176 g/mol. The maximum atomic E-state index is 9.40. The van der Waals surface area contributed by atoms with Crippen molar-refractivity contribution in [3.05, 3.63) is 0 Å². The van der Waals surface area contributed by atoms with Crippen LogP contribution in [0.25, 0.3) is 0 Å². The van der Waals surface area contributed by atoms with E-state index in [1.165, 1.54) is 0 Å². The normalized spacial score (nSPS) is 49.2. The lowest BCUT2D eigenvalue weighted by Gasteiger charge is -2.38. The lowest BCUT2D eigenvalue weighted by Crippen LogP contribution is -2.49. The van der Waals surface area contributed by atoms with Crippen LogP contribution in [0.15, 0.2) is 0 Å². The summed E-state index contributed by atoms with van der Waals surface area (Å²) in [6, 6.07) is 0. The van der Waals surface area contributed by atoms with Crippen LogP contribution >= 0.6 is 0 Å². The number of rotatable bonds is 1. The molecule has 1 aliphatic carbocycles. The maximum absolute atomic E-state index is 9.40. The highest BCUT2D eigenvalue weighted by atomic mass is 16.3. The van der Waals surface area contributed by atoms with Crippen molar-refractivity contribution in [1.82, 2.24) is 0 Å². The zero-order valence-corrected chi connectivity index (χ0v) is 7.09. The topological polar surface area (TPSA) is 80.9 Å². The first-order chi connectivity index (χ1) is 5.57. The highest BCUT2D eigenvalue weighted by molar-refractivity contribution is 4.89. The summed E-state index contributed by atoms with van der Waals surface area (Å²) in [5.74, 6) is -0.714. The minimum Gasteiger partial charge on any atom is -0.396 e. The maximum Gasteiger partial charge on any atom is 0.0853 e. The molecule has 0 amide bonds. The Kier molecular flexibility index (Phi) is 3.06. The summed E-state index contributed by atoms with van der Waals surface area (Å²) in [4.78, 5) is 0. The van der Waals surface area contributed by atoms with Gasteiger partial charge in [-0.1, -0.05) is 6.92 Å². The highest BCUT2D eigenvalue weighted by Gasteiger charge is 2.39. The molecule has 4 nitrogen and oxygen atoms in total. The van der Waals surface area contributed by atoms with Gasteiger partial charge in [-0.25, -0.2) is 0 Å². The third kappa shape index (κ3) is 1.61. The Hall–Kier alpha value is -0.160. The van der Waals surface area contributed by atoms with E-state index in [1.54, 1.807) is 6.92 Å². The van der Waals surface area contributed by atoms with Crippen LogP contribution in [0.3, 0.4) is 0 Å². The molecule has 2 unspecified atom stereocenters. The number of aliphatic hydroxyl groups is 4. The van der Waals surface area contributed by atoms with Crippen LogP contribution in [0.2, 0.25) is 0 Å². The molecule has 4 N–H and O–H groups in total. The summed E-state index contributed by atoms with van der Waals surface area (Å²) in [6.07, 6.45) is -2.10. The van der Waals surface area contributed by atoms with Crippen molar-refractivity contribution in [1.29, 1.82) is 0 Å². The summed E-state index contributed by atoms with van der Waals surface area (Å²) in [5.41, 5.74) is 0. The molecule has 0 aliphatic heterocycles. The molecule has 12 heavy (non-hydrogen) atoms. The fourth-order valence-electron chi connectivity index (χ4n) is 1.66.